The van der Waals surface area contributed by atoms with Gasteiger partial charge in [-0.1, -0.05) is 20.3 Å². The molecular formula is C21H36N6O6S. The number of carbonyl (C=O) groups excluding carboxylic acids is 3. The average molecular weight is 501 g/mol. The lowest BCUT2D eigenvalue weighted by atomic mass is 9.97. The van der Waals surface area contributed by atoms with E-state index in [0.29, 0.717) is 24.3 Å². The van der Waals surface area contributed by atoms with E-state index < -0.39 is 54.0 Å². The maximum absolute atomic E-state index is 13.2. The van der Waals surface area contributed by atoms with Crippen LogP contribution in [-0.2, 0) is 25.6 Å². The van der Waals surface area contributed by atoms with Gasteiger partial charge >= 0.3 is 5.97 Å². The van der Waals surface area contributed by atoms with E-state index in [1.807, 2.05) is 13.2 Å². The predicted octanol–water partition coefficient (Wildman–Crippen LogP) is -1.00. The molecule has 1 heterocycles. The molecule has 0 aromatic carbocycles. The molecule has 34 heavy (non-hydrogen) atoms. The molecule has 0 aliphatic heterocycles. The molecule has 8 N–H and O–H groups in total. The number of nitrogens with one attached hydrogen (secondary N) is 4. The Morgan fingerprint density at radius 3 is 2.26 bits per heavy atom. The summed E-state index contributed by atoms with van der Waals surface area (Å²) in [6, 6.07) is -4.49. The number of H-pyrrole nitrogens is 1. The normalized spacial score (nSPS) is 16.4. The third-order valence-corrected chi connectivity index (χ3v) is 6.07. The van der Waals surface area contributed by atoms with Crippen LogP contribution in [0, 0.1) is 5.92 Å². The third-order valence-electron chi connectivity index (χ3n) is 5.42. The fourth-order valence-corrected chi connectivity index (χ4v) is 3.56. The minimum absolute atomic E-state index is 0.0157. The van der Waals surface area contributed by atoms with Gasteiger partial charge in [-0.3, -0.25) is 14.4 Å². The van der Waals surface area contributed by atoms with E-state index in [-0.39, 0.29) is 12.3 Å². The number of hydrogen-bond acceptors (Lipinski definition) is 8. The molecule has 0 saturated carbocycles. The summed E-state index contributed by atoms with van der Waals surface area (Å²) in [6.45, 7) is 4.88. The van der Waals surface area contributed by atoms with Crippen molar-refractivity contribution in [1.29, 1.82) is 0 Å². The lowest BCUT2D eigenvalue weighted by molar-refractivity contribution is -0.145. The molecule has 0 spiro atoms. The first kappa shape index (κ1) is 29.4. The summed E-state index contributed by atoms with van der Waals surface area (Å²) in [5, 5.41) is 26.5. The van der Waals surface area contributed by atoms with E-state index in [2.05, 4.69) is 25.9 Å². The summed E-state index contributed by atoms with van der Waals surface area (Å²) in [5.74, 6) is -2.87. The number of carbonyl (C=O) groups is 4. The van der Waals surface area contributed by atoms with E-state index in [9.17, 15) is 29.4 Å². The number of thioether (sulfide) groups is 1. The number of imidazole rings is 1. The second kappa shape index (κ2) is 14.6. The molecule has 192 valence electrons. The van der Waals surface area contributed by atoms with Gasteiger partial charge in [0.25, 0.3) is 0 Å². The van der Waals surface area contributed by atoms with Crippen molar-refractivity contribution in [3.63, 3.8) is 0 Å². The number of hydrogen-bond donors (Lipinski definition) is 7. The molecule has 3 amide bonds. The number of carboxylic acids is 1. The second-order valence-electron chi connectivity index (χ2n) is 8.17. The van der Waals surface area contributed by atoms with Gasteiger partial charge in [0.05, 0.1) is 18.5 Å². The van der Waals surface area contributed by atoms with E-state index >= 15 is 0 Å². The topological polar surface area (TPSA) is 200 Å². The van der Waals surface area contributed by atoms with Crippen LogP contribution in [0.3, 0.4) is 0 Å². The van der Waals surface area contributed by atoms with Crippen molar-refractivity contribution in [2.24, 2.45) is 11.7 Å². The molecule has 1 rings (SSSR count). The quantitative estimate of drug-likeness (QED) is 0.158. The van der Waals surface area contributed by atoms with Gasteiger partial charge in [-0.25, -0.2) is 9.78 Å². The van der Waals surface area contributed by atoms with Crippen molar-refractivity contribution in [2.45, 2.75) is 70.3 Å². The minimum Gasteiger partial charge on any atom is -0.480 e. The number of aromatic nitrogens is 2. The zero-order valence-corrected chi connectivity index (χ0v) is 20.7. The molecule has 1 aromatic heterocycles. The number of nitrogens with zero attached hydrogens (tertiary/aromatic N) is 1. The number of aromatic amines is 1. The summed E-state index contributed by atoms with van der Waals surface area (Å²) >= 11 is 1.55. The van der Waals surface area contributed by atoms with Crippen LogP contribution < -0.4 is 21.7 Å². The number of rotatable bonds is 15. The van der Waals surface area contributed by atoms with Crippen LogP contribution in [0.5, 0.6) is 0 Å². The number of aliphatic hydroxyl groups excluding tert-OH is 1. The van der Waals surface area contributed by atoms with Crippen LogP contribution in [0.1, 0.15) is 39.3 Å². The molecule has 0 radical (unpaired) electrons. The van der Waals surface area contributed by atoms with Gasteiger partial charge in [0.15, 0.2) is 6.04 Å². The summed E-state index contributed by atoms with van der Waals surface area (Å²) in [4.78, 5) is 56.7. The van der Waals surface area contributed by atoms with Crippen molar-refractivity contribution in [3.05, 3.63) is 18.2 Å². The fraction of sp³-hybridized carbons (Fsp3) is 0.667. The molecule has 12 nitrogen and oxygen atoms in total. The Morgan fingerprint density at radius 1 is 1.12 bits per heavy atom. The number of amides is 3. The Morgan fingerprint density at radius 2 is 1.76 bits per heavy atom. The second-order valence-corrected chi connectivity index (χ2v) is 9.15. The molecule has 6 unspecified atom stereocenters. The Hall–Kier alpha value is -2.64. The van der Waals surface area contributed by atoms with E-state index in [1.54, 1.807) is 18.7 Å². The third kappa shape index (κ3) is 9.31. The van der Waals surface area contributed by atoms with Gasteiger partial charge in [0, 0.05) is 18.3 Å². The zero-order chi connectivity index (χ0) is 25.8. The van der Waals surface area contributed by atoms with E-state index in [4.69, 9.17) is 5.73 Å². The molecule has 0 bridgehead atoms. The van der Waals surface area contributed by atoms with Crippen molar-refractivity contribution >= 4 is 35.5 Å². The average Bonchev–Trinajstić information content (AvgIpc) is 3.30. The number of nitrogens with two attached hydrogens (primary N) is 1. The first-order chi connectivity index (χ1) is 16.0. The van der Waals surface area contributed by atoms with E-state index in [1.165, 1.54) is 19.4 Å². The van der Waals surface area contributed by atoms with Gasteiger partial charge in [-0.05, 0) is 31.3 Å². The Balaban J connectivity index is 3.06. The smallest absolute Gasteiger partial charge is 0.328 e. The highest BCUT2D eigenvalue weighted by Gasteiger charge is 2.33. The maximum atomic E-state index is 13.2. The molecule has 6 atom stereocenters. The molecule has 13 heteroatoms. The molecule has 0 aliphatic rings. The van der Waals surface area contributed by atoms with Gasteiger partial charge in [-0.15, -0.1) is 0 Å². The highest BCUT2D eigenvalue weighted by Crippen LogP contribution is 2.11. The first-order valence-electron chi connectivity index (χ1n) is 11.0. The summed E-state index contributed by atoms with van der Waals surface area (Å²) < 4.78 is 0. The highest BCUT2D eigenvalue weighted by molar-refractivity contribution is 7.98. The van der Waals surface area contributed by atoms with Crippen LogP contribution >= 0.6 is 11.8 Å². The zero-order valence-electron chi connectivity index (χ0n) is 19.9. The Labute approximate surface area is 203 Å². The van der Waals surface area contributed by atoms with Crippen molar-refractivity contribution < 1.29 is 29.4 Å². The predicted molar refractivity (Wildman–Crippen MR) is 128 cm³/mol. The minimum atomic E-state index is -1.56. The van der Waals surface area contributed by atoms with Crippen LogP contribution in [-0.4, -0.2) is 86.2 Å². The molecule has 0 fully saturated rings. The fourth-order valence-electron chi connectivity index (χ4n) is 3.07. The van der Waals surface area contributed by atoms with Gasteiger partial charge in [0.2, 0.25) is 17.7 Å². The lowest BCUT2D eigenvalue weighted by Crippen LogP contribution is -2.60. The van der Waals surface area contributed by atoms with Crippen LogP contribution in [0.4, 0.5) is 0 Å². The van der Waals surface area contributed by atoms with Crippen molar-refractivity contribution in [2.75, 3.05) is 12.0 Å². The van der Waals surface area contributed by atoms with Gasteiger partial charge in [0.1, 0.15) is 12.1 Å². The summed E-state index contributed by atoms with van der Waals surface area (Å²) in [5.41, 5.74) is 6.45. The van der Waals surface area contributed by atoms with Crippen LogP contribution in [0.25, 0.3) is 0 Å². The van der Waals surface area contributed by atoms with E-state index in [0.717, 1.165) is 0 Å². The van der Waals surface area contributed by atoms with Gasteiger partial charge in [-0.2, -0.15) is 11.8 Å². The Bertz CT molecular complexity index is 806. The first-order valence-corrected chi connectivity index (χ1v) is 12.4. The molecule has 0 saturated heterocycles. The maximum Gasteiger partial charge on any atom is 0.328 e. The van der Waals surface area contributed by atoms with Gasteiger partial charge < -0.3 is 36.9 Å². The van der Waals surface area contributed by atoms with Crippen molar-refractivity contribution in [3.8, 4) is 0 Å². The number of aliphatic carboxylic acids is 1. The van der Waals surface area contributed by atoms with Crippen molar-refractivity contribution in [1.82, 2.24) is 25.9 Å². The Kier molecular flexibility index (Phi) is 12.6. The number of aliphatic hydroxyl groups is 1. The summed E-state index contributed by atoms with van der Waals surface area (Å²) in [6.07, 6.45) is 4.41. The number of carboxylic acid groups (broad SMARTS) is 1. The molecule has 0 aliphatic carbocycles. The van der Waals surface area contributed by atoms with Crippen LogP contribution in [0.2, 0.25) is 0 Å². The summed E-state index contributed by atoms with van der Waals surface area (Å²) in [7, 11) is 0. The highest BCUT2D eigenvalue weighted by atomic mass is 32.2. The monoisotopic (exact) mass is 500 g/mol. The van der Waals surface area contributed by atoms with Crippen LogP contribution in [0.15, 0.2) is 12.5 Å². The lowest BCUT2D eigenvalue weighted by Gasteiger charge is -2.28. The molecule has 1 aromatic rings. The standard InChI is InChI=1S/C21H36N6O6S/c1-5-11(2)16(26-18(29)14(22)6-7-34-4)20(31)25-15(8-13-9-23-10-24-13)19(30)27-17(12(3)28)21(32)33/h9-12,14-17,28H,5-8,22H2,1-4H3,(H,23,24)(H,25,31)(H,26,29)(H,27,30)(H,32,33). The largest absolute Gasteiger partial charge is 0.480 e. The SMILES string of the molecule is CCC(C)C(NC(=O)C(N)CCSC)C(=O)NC(Cc1cnc[nH]1)C(=O)NC(C(=O)O)C(C)O. The molecular weight excluding hydrogens is 464 g/mol.